The van der Waals surface area contributed by atoms with Gasteiger partial charge in [0.15, 0.2) is 0 Å². The molecule has 0 unspecified atom stereocenters. The van der Waals surface area contributed by atoms with E-state index in [9.17, 15) is 4.91 Å². The molecule has 1 aromatic carbocycles. The zero-order chi connectivity index (χ0) is 12.5. The summed E-state index contributed by atoms with van der Waals surface area (Å²) in [5.41, 5.74) is 1.39. The highest BCUT2D eigenvalue weighted by Gasteiger charge is 2.18. The lowest BCUT2D eigenvalue weighted by atomic mass is 10.1. The lowest BCUT2D eigenvalue weighted by Crippen LogP contribution is -2.29. The van der Waals surface area contributed by atoms with Gasteiger partial charge in [-0.25, -0.2) is 5.21 Å². The highest BCUT2D eigenvalue weighted by molar-refractivity contribution is 5.82. The highest BCUT2D eigenvalue weighted by Crippen LogP contribution is 2.27. The fraction of sp³-hybridized carbons (Fsp3) is 0.385. The Morgan fingerprint density at radius 1 is 1.28 bits per heavy atom. The van der Waals surface area contributed by atoms with Gasteiger partial charge in [0.05, 0.1) is 4.91 Å². The molecule has 2 N–H and O–H groups in total. The number of benzene rings is 1. The summed E-state index contributed by atoms with van der Waals surface area (Å²) in [6, 6.07) is 7.76. The summed E-state index contributed by atoms with van der Waals surface area (Å²) in [5.74, 6) is 0. The Kier molecular flexibility index (Phi) is 2.76. The molecule has 18 heavy (non-hydrogen) atoms. The standard InChI is InChI=1S/C13H16N3O2/c17-16(18)12-1-2-13-10(9-12)5-8-15(13)11-3-6-14-7-4-11/h1-2,5,8-9,11,14H,3-4,6-7H2,(H,17,18)/q+1. The van der Waals surface area contributed by atoms with E-state index in [0.717, 1.165) is 36.8 Å². The summed E-state index contributed by atoms with van der Waals surface area (Å²) in [7, 11) is 0. The Hall–Kier alpha value is -1.88. The predicted octanol–water partition coefficient (Wildman–Crippen LogP) is 2.37. The quantitative estimate of drug-likeness (QED) is 0.800. The lowest BCUT2D eigenvalue weighted by molar-refractivity contribution is -0.729. The highest BCUT2D eigenvalue weighted by atomic mass is 16.6. The van der Waals surface area contributed by atoms with Gasteiger partial charge in [0, 0.05) is 35.3 Å². The number of nitrogens with one attached hydrogen (secondary N) is 1. The molecule has 94 valence electrons. The van der Waals surface area contributed by atoms with Crippen LogP contribution in [0, 0.1) is 4.91 Å². The zero-order valence-corrected chi connectivity index (χ0v) is 10.0. The molecule has 1 aromatic heterocycles. The zero-order valence-electron chi connectivity index (χ0n) is 10.0. The van der Waals surface area contributed by atoms with E-state index < -0.39 is 0 Å². The maximum Gasteiger partial charge on any atom is 0.317 e. The SMILES string of the molecule is O=[N+](O)c1ccc2c(ccn2C2CCNCC2)c1. The monoisotopic (exact) mass is 246 g/mol. The molecule has 0 saturated carbocycles. The molecular formula is C13H16N3O2+. The van der Waals surface area contributed by atoms with Crippen LogP contribution >= 0.6 is 0 Å². The van der Waals surface area contributed by atoms with Crippen molar-refractivity contribution in [2.24, 2.45) is 0 Å². The Balaban J connectivity index is 2.01. The average Bonchev–Trinajstić information content (AvgIpc) is 2.82. The first kappa shape index (κ1) is 11.2. The average molecular weight is 246 g/mol. The van der Waals surface area contributed by atoms with Gasteiger partial charge in [0.1, 0.15) is 0 Å². The van der Waals surface area contributed by atoms with Crippen LogP contribution < -0.4 is 5.32 Å². The van der Waals surface area contributed by atoms with E-state index in [2.05, 4.69) is 16.1 Å². The molecular weight excluding hydrogens is 230 g/mol. The summed E-state index contributed by atoms with van der Waals surface area (Å²) in [6.45, 7) is 2.10. The maximum absolute atomic E-state index is 10.9. The van der Waals surface area contributed by atoms with Crippen molar-refractivity contribution in [3.05, 3.63) is 35.4 Å². The Morgan fingerprint density at radius 3 is 2.78 bits per heavy atom. The van der Waals surface area contributed by atoms with Crippen LogP contribution in [0.3, 0.4) is 0 Å². The minimum Gasteiger partial charge on any atom is -0.344 e. The van der Waals surface area contributed by atoms with Crippen molar-refractivity contribution in [1.82, 2.24) is 9.88 Å². The van der Waals surface area contributed by atoms with Gasteiger partial charge in [0.25, 0.3) is 4.92 Å². The molecule has 3 rings (SSSR count). The number of hydrogen-bond donors (Lipinski definition) is 2. The first-order valence-corrected chi connectivity index (χ1v) is 6.23. The van der Waals surface area contributed by atoms with Crippen LogP contribution in [0.15, 0.2) is 30.5 Å². The molecule has 0 amide bonds. The van der Waals surface area contributed by atoms with Crippen LogP contribution in [0.25, 0.3) is 10.9 Å². The van der Waals surface area contributed by atoms with Crippen molar-refractivity contribution in [1.29, 1.82) is 0 Å². The first-order chi connectivity index (χ1) is 8.75. The van der Waals surface area contributed by atoms with Crippen molar-refractivity contribution < 1.29 is 10.1 Å². The number of nitrogens with zero attached hydrogens (tertiary/aromatic N) is 2. The minimum absolute atomic E-state index is 0.0959. The summed E-state index contributed by atoms with van der Waals surface area (Å²) >= 11 is 0. The van der Waals surface area contributed by atoms with Crippen LogP contribution in [0.5, 0.6) is 0 Å². The molecule has 1 aliphatic heterocycles. The second-order valence-corrected chi connectivity index (χ2v) is 4.72. The number of hydrogen-bond acceptors (Lipinski definition) is 2. The summed E-state index contributed by atoms with van der Waals surface area (Å²) in [4.78, 5) is 10.8. The van der Waals surface area contributed by atoms with E-state index in [4.69, 9.17) is 5.21 Å². The van der Waals surface area contributed by atoms with E-state index in [1.165, 1.54) is 0 Å². The normalized spacial score (nSPS) is 17.1. The molecule has 0 bridgehead atoms. The van der Waals surface area contributed by atoms with Gasteiger partial charge in [0.2, 0.25) is 0 Å². The van der Waals surface area contributed by atoms with E-state index in [1.807, 2.05) is 12.1 Å². The summed E-state index contributed by atoms with van der Waals surface area (Å²) < 4.78 is 2.27. The molecule has 0 spiro atoms. The van der Waals surface area contributed by atoms with E-state index in [-0.39, 0.29) is 10.6 Å². The number of fused-ring (bicyclic) bond motifs is 1. The third-order valence-corrected chi connectivity index (χ3v) is 3.63. The Labute approximate surface area is 105 Å². The topological polar surface area (TPSA) is 57.3 Å². The van der Waals surface area contributed by atoms with Crippen molar-refractivity contribution >= 4 is 16.6 Å². The minimum atomic E-state index is -0.0959. The van der Waals surface area contributed by atoms with Gasteiger partial charge in [-0.05, 0) is 38.1 Å². The van der Waals surface area contributed by atoms with Gasteiger partial charge >= 0.3 is 5.69 Å². The van der Waals surface area contributed by atoms with E-state index in [1.54, 1.807) is 12.1 Å². The summed E-state index contributed by atoms with van der Waals surface area (Å²) in [5, 5.41) is 13.2. The molecule has 1 fully saturated rings. The molecule has 0 radical (unpaired) electrons. The predicted molar refractivity (Wildman–Crippen MR) is 68.2 cm³/mol. The van der Waals surface area contributed by atoms with E-state index in [0.29, 0.717) is 6.04 Å². The third-order valence-electron chi connectivity index (χ3n) is 3.63. The molecule has 0 atom stereocenters. The lowest BCUT2D eigenvalue weighted by Gasteiger charge is -2.25. The van der Waals surface area contributed by atoms with Gasteiger partial charge < -0.3 is 9.88 Å². The maximum atomic E-state index is 10.9. The Bertz CT molecular complexity index is 585. The second kappa shape index (κ2) is 4.42. The molecule has 5 heteroatoms. The smallest absolute Gasteiger partial charge is 0.317 e. The fourth-order valence-corrected chi connectivity index (χ4v) is 2.67. The second-order valence-electron chi connectivity index (χ2n) is 4.72. The fourth-order valence-electron chi connectivity index (χ4n) is 2.67. The van der Waals surface area contributed by atoms with Gasteiger partial charge in [-0.3, -0.25) is 0 Å². The molecule has 1 saturated heterocycles. The van der Waals surface area contributed by atoms with Gasteiger partial charge in [-0.2, -0.15) is 0 Å². The summed E-state index contributed by atoms with van der Waals surface area (Å²) in [6.07, 6.45) is 4.31. The molecule has 5 nitrogen and oxygen atoms in total. The number of piperidine rings is 1. The van der Waals surface area contributed by atoms with Crippen molar-refractivity contribution in [3.63, 3.8) is 0 Å². The number of rotatable bonds is 2. The molecule has 2 aromatic rings. The van der Waals surface area contributed by atoms with Crippen LogP contribution in [0.4, 0.5) is 5.69 Å². The third kappa shape index (κ3) is 1.86. The molecule has 2 heterocycles. The van der Waals surface area contributed by atoms with Crippen LogP contribution in [0.2, 0.25) is 0 Å². The number of aromatic nitrogens is 1. The van der Waals surface area contributed by atoms with Gasteiger partial charge in [-0.15, -0.1) is 0 Å². The van der Waals surface area contributed by atoms with Crippen molar-refractivity contribution in [2.75, 3.05) is 13.1 Å². The molecule has 1 aliphatic rings. The van der Waals surface area contributed by atoms with Crippen LogP contribution in [-0.2, 0) is 0 Å². The van der Waals surface area contributed by atoms with Crippen LogP contribution in [0.1, 0.15) is 18.9 Å². The Morgan fingerprint density at radius 2 is 2.06 bits per heavy atom. The van der Waals surface area contributed by atoms with Crippen molar-refractivity contribution in [2.45, 2.75) is 18.9 Å². The first-order valence-electron chi connectivity index (χ1n) is 6.23. The van der Waals surface area contributed by atoms with Crippen molar-refractivity contribution in [3.8, 4) is 0 Å². The van der Waals surface area contributed by atoms with Gasteiger partial charge in [-0.1, -0.05) is 0 Å². The molecule has 0 aliphatic carbocycles. The van der Waals surface area contributed by atoms with Crippen LogP contribution in [-0.4, -0.2) is 27.8 Å². The largest absolute Gasteiger partial charge is 0.344 e. The van der Waals surface area contributed by atoms with E-state index >= 15 is 0 Å².